The number of unbranched alkanes of at least 4 members (excludes halogenated alkanes) is 1. The zero-order valence-electron chi connectivity index (χ0n) is 11.9. The molecule has 0 saturated heterocycles. The van der Waals surface area contributed by atoms with Crippen molar-refractivity contribution in [2.24, 2.45) is 0 Å². The molecule has 0 aromatic heterocycles. The summed E-state index contributed by atoms with van der Waals surface area (Å²) in [4.78, 5) is 0. The molecule has 1 atom stereocenters. The molecule has 0 heterocycles. The van der Waals surface area contributed by atoms with Gasteiger partial charge in [-0.05, 0) is 41.0 Å². The van der Waals surface area contributed by atoms with Gasteiger partial charge in [-0.1, -0.05) is 77.4 Å². The van der Waals surface area contributed by atoms with Gasteiger partial charge >= 0.3 is 0 Å². The maximum absolute atomic E-state index is 2.29. The fourth-order valence-corrected chi connectivity index (χ4v) is 3.34. The first-order chi connectivity index (χ1) is 9.33. The molecule has 2 rings (SSSR count). The van der Waals surface area contributed by atoms with Gasteiger partial charge in [0.15, 0.2) is 0 Å². The summed E-state index contributed by atoms with van der Waals surface area (Å²) in [6.45, 7) is 4.45. The van der Waals surface area contributed by atoms with Gasteiger partial charge < -0.3 is 0 Å². The number of hydrogen-bond acceptors (Lipinski definition) is 0. The van der Waals surface area contributed by atoms with E-state index < -0.39 is 0 Å². The van der Waals surface area contributed by atoms with Crippen molar-refractivity contribution in [2.75, 3.05) is 6.16 Å². The SMILES string of the molecule is CCCCPc1ccc(-c2ccc(CC)cc2)cc1. The second kappa shape index (κ2) is 7.46. The van der Waals surface area contributed by atoms with Crippen molar-refractivity contribution in [1.82, 2.24) is 0 Å². The Balaban J connectivity index is 2.04. The zero-order valence-corrected chi connectivity index (χ0v) is 12.9. The van der Waals surface area contributed by atoms with E-state index in [0.717, 1.165) is 15.0 Å². The highest BCUT2D eigenvalue weighted by atomic mass is 31.1. The Kier molecular flexibility index (Phi) is 5.61. The van der Waals surface area contributed by atoms with Crippen molar-refractivity contribution in [2.45, 2.75) is 33.1 Å². The van der Waals surface area contributed by atoms with Crippen LogP contribution in [0.5, 0.6) is 0 Å². The fraction of sp³-hybridized carbons (Fsp3) is 0.333. The average Bonchev–Trinajstić information content (AvgIpc) is 2.48. The third-order valence-corrected chi connectivity index (χ3v) is 4.79. The van der Waals surface area contributed by atoms with Crippen molar-refractivity contribution in [1.29, 1.82) is 0 Å². The van der Waals surface area contributed by atoms with E-state index in [9.17, 15) is 0 Å². The number of rotatable bonds is 6. The van der Waals surface area contributed by atoms with Crippen LogP contribution in [-0.4, -0.2) is 6.16 Å². The minimum absolute atomic E-state index is 0.963. The second-order valence-corrected chi connectivity index (χ2v) is 6.34. The second-order valence-electron chi connectivity index (χ2n) is 4.91. The molecule has 0 aliphatic rings. The summed E-state index contributed by atoms with van der Waals surface area (Å²) >= 11 is 0. The number of benzene rings is 2. The van der Waals surface area contributed by atoms with E-state index >= 15 is 0 Å². The van der Waals surface area contributed by atoms with Gasteiger partial charge in [0.05, 0.1) is 0 Å². The normalized spacial score (nSPS) is 11.3. The van der Waals surface area contributed by atoms with Gasteiger partial charge in [-0.15, -0.1) is 0 Å². The van der Waals surface area contributed by atoms with E-state index in [1.165, 1.54) is 41.0 Å². The van der Waals surface area contributed by atoms with Crippen LogP contribution in [0, 0.1) is 0 Å². The summed E-state index contributed by atoms with van der Waals surface area (Å²) in [5.41, 5.74) is 4.05. The Morgan fingerprint density at radius 1 is 0.789 bits per heavy atom. The van der Waals surface area contributed by atoms with Crippen LogP contribution in [-0.2, 0) is 6.42 Å². The van der Waals surface area contributed by atoms with Gasteiger partial charge in [-0.2, -0.15) is 0 Å². The Labute approximate surface area is 119 Å². The lowest BCUT2D eigenvalue weighted by Crippen LogP contribution is -1.94. The van der Waals surface area contributed by atoms with Crippen LogP contribution in [0.4, 0.5) is 0 Å². The van der Waals surface area contributed by atoms with E-state index in [1.54, 1.807) is 0 Å². The first-order valence-corrected chi connectivity index (χ1v) is 8.47. The third kappa shape index (κ3) is 4.18. The van der Waals surface area contributed by atoms with Gasteiger partial charge in [0.1, 0.15) is 0 Å². The topological polar surface area (TPSA) is 0 Å². The molecule has 0 aliphatic carbocycles. The molecule has 2 aromatic rings. The molecule has 19 heavy (non-hydrogen) atoms. The van der Waals surface area contributed by atoms with Crippen molar-refractivity contribution in [3.8, 4) is 11.1 Å². The summed E-state index contributed by atoms with van der Waals surface area (Å²) in [6.07, 6.45) is 5.09. The van der Waals surface area contributed by atoms with Crippen LogP contribution < -0.4 is 5.30 Å². The van der Waals surface area contributed by atoms with Gasteiger partial charge in [0.25, 0.3) is 0 Å². The maximum Gasteiger partial charge on any atom is -0.0184 e. The van der Waals surface area contributed by atoms with E-state index in [1.807, 2.05) is 0 Å². The lowest BCUT2D eigenvalue weighted by Gasteiger charge is -2.05. The van der Waals surface area contributed by atoms with E-state index in [2.05, 4.69) is 62.4 Å². The van der Waals surface area contributed by atoms with Crippen molar-refractivity contribution in [3.05, 3.63) is 54.1 Å². The molecule has 0 radical (unpaired) electrons. The summed E-state index contributed by atoms with van der Waals surface area (Å²) in [5, 5.41) is 1.49. The Morgan fingerprint density at radius 2 is 1.37 bits per heavy atom. The smallest absolute Gasteiger partial charge is 0.0184 e. The molecular weight excluding hydrogens is 247 g/mol. The highest BCUT2D eigenvalue weighted by Gasteiger charge is 1.98. The molecular formula is C18H23P. The lowest BCUT2D eigenvalue weighted by molar-refractivity contribution is 0.895. The monoisotopic (exact) mass is 270 g/mol. The van der Waals surface area contributed by atoms with Crippen LogP contribution in [0.1, 0.15) is 32.3 Å². The molecule has 0 nitrogen and oxygen atoms in total. The van der Waals surface area contributed by atoms with Crippen LogP contribution in [0.2, 0.25) is 0 Å². The maximum atomic E-state index is 2.29. The highest BCUT2D eigenvalue weighted by Crippen LogP contribution is 2.21. The van der Waals surface area contributed by atoms with E-state index in [0.29, 0.717) is 0 Å². The zero-order chi connectivity index (χ0) is 13.5. The third-order valence-electron chi connectivity index (χ3n) is 3.44. The molecule has 0 fully saturated rings. The predicted molar refractivity (Wildman–Crippen MR) is 89.0 cm³/mol. The van der Waals surface area contributed by atoms with E-state index in [-0.39, 0.29) is 0 Å². The number of hydrogen-bond donors (Lipinski definition) is 0. The Morgan fingerprint density at radius 3 is 1.89 bits per heavy atom. The van der Waals surface area contributed by atoms with Crippen molar-refractivity contribution in [3.63, 3.8) is 0 Å². The minimum atomic E-state index is 0.963. The van der Waals surface area contributed by atoms with Crippen LogP contribution >= 0.6 is 8.58 Å². The summed E-state index contributed by atoms with van der Waals surface area (Å²) in [6, 6.07) is 18.0. The van der Waals surface area contributed by atoms with Gasteiger partial charge in [0, 0.05) is 0 Å². The van der Waals surface area contributed by atoms with Crippen LogP contribution in [0.3, 0.4) is 0 Å². The Hall–Kier alpha value is -1.13. The molecule has 1 unspecified atom stereocenters. The number of aryl methyl sites for hydroxylation is 1. The molecule has 0 saturated carbocycles. The first kappa shape index (κ1) is 14.3. The highest BCUT2D eigenvalue weighted by molar-refractivity contribution is 7.47. The molecule has 0 N–H and O–H groups in total. The van der Waals surface area contributed by atoms with Crippen LogP contribution in [0.25, 0.3) is 11.1 Å². The van der Waals surface area contributed by atoms with Gasteiger partial charge in [-0.3, -0.25) is 0 Å². The van der Waals surface area contributed by atoms with Crippen molar-refractivity contribution < 1.29 is 0 Å². The molecule has 0 amide bonds. The molecule has 2 aromatic carbocycles. The molecule has 1 heteroatoms. The van der Waals surface area contributed by atoms with Crippen LogP contribution in [0.15, 0.2) is 48.5 Å². The average molecular weight is 270 g/mol. The molecule has 100 valence electrons. The standard InChI is InChI=1S/C18H23P/c1-3-5-14-19-18-12-10-17(11-13-18)16-8-6-15(4-2)7-9-16/h6-13,19H,3-5,14H2,1-2H3. The Bertz CT molecular complexity index is 482. The van der Waals surface area contributed by atoms with Gasteiger partial charge in [-0.25, -0.2) is 0 Å². The van der Waals surface area contributed by atoms with Gasteiger partial charge in [0.2, 0.25) is 0 Å². The van der Waals surface area contributed by atoms with Crippen molar-refractivity contribution >= 4 is 13.9 Å². The quantitative estimate of drug-likeness (QED) is 0.510. The lowest BCUT2D eigenvalue weighted by atomic mass is 10.0. The largest absolute Gasteiger partial charge is 0.0904 e. The summed E-state index contributed by atoms with van der Waals surface area (Å²) < 4.78 is 0. The predicted octanol–water partition coefficient (Wildman–Crippen LogP) is 5.02. The first-order valence-electron chi connectivity index (χ1n) is 7.26. The van der Waals surface area contributed by atoms with E-state index in [4.69, 9.17) is 0 Å². The summed E-state index contributed by atoms with van der Waals surface area (Å²) in [5.74, 6) is 0. The minimum Gasteiger partial charge on any atom is -0.0904 e. The summed E-state index contributed by atoms with van der Waals surface area (Å²) in [7, 11) is 0.963. The molecule has 0 aliphatic heterocycles. The molecule has 0 bridgehead atoms. The fourth-order valence-electron chi connectivity index (χ4n) is 2.12. The molecule has 0 spiro atoms.